The van der Waals surface area contributed by atoms with Crippen molar-refractivity contribution in [1.82, 2.24) is 29.4 Å². The monoisotopic (exact) mass is 573 g/mol. The van der Waals surface area contributed by atoms with Crippen LogP contribution in [0.5, 0.6) is 23.3 Å². The molecule has 0 spiro atoms. The topological polar surface area (TPSA) is 110 Å². The molecule has 11 nitrogen and oxygen atoms in total. The number of benzene rings is 3. The normalized spacial score (nSPS) is 13.9. The zero-order chi connectivity index (χ0) is 29.3. The van der Waals surface area contributed by atoms with E-state index in [1.54, 1.807) is 31.3 Å². The minimum Gasteiger partial charge on any atom is -0.497 e. The molecular formula is C32H27N7O4. The van der Waals surface area contributed by atoms with Gasteiger partial charge in [-0.3, -0.25) is 0 Å². The van der Waals surface area contributed by atoms with Crippen LogP contribution in [0, 0.1) is 6.92 Å². The summed E-state index contributed by atoms with van der Waals surface area (Å²) in [5, 5.41) is 13.6. The minimum absolute atomic E-state index is 0.0690. The fourth-order valence-electron chi connectivity index (χ4n) is 5.33. The third kappa shape index (κ3) is 4.70. The van der Waals surface area contributed by atoms with Gasteiger partial charge in [-0.05, 0) is 55.0 Å². The summed E-state index contributed by atoms with van der Waals surface area (Å²) in [7, 11) is 3.29. The number of ether oxygens (including phenoxy) is 3. The predicted octanol–water partition coefficient (Wildman–Crippen LogP) is 5.47. The molecule has 1 aliphatic rings. The quantitative estimate of drug-likeness (QED) is 0.174. The molecule has 1 atom stereocenters. The lowest BCUT2D eigenvalue weighted by molar-refractivity contribution is 0.126. The number of methoxy groups -OCH3 is 2. The summed E-state index contributed by atoms with van der Waals surface area (Å²) in [4.78, 5) is 15.0. The van der Waals surface area contributed by atoms with E-state index in [-0.39, 0.29) is 12.5 Å². The summed E-state index contributed by atoms with van der Waals surface area (Å²) in [5.41, 5.74) is 5.77. The molecule has 7 rings (SSSR count). The zero-order valence-electron chi connectivity index (χ0n) is 23.7. The summed E-state index contributed by atoms with van der Waals surface area (Å²) >= 11 is 0. The van der Waals surface area contributed by atoms with Crippen LogP contribution >= 0.6 is 0 Å². The maximum atomic E-state index is 6.49. The van der Waals surface area contributed by atoms with E-state index in [9.17, 15) is 0 Å². The molecule has 4 heterocycles. The summed E-state index contributed by atoms with van der Waals surface area (Å²) in [6.45, 7) is 2.05. The number of oxime groups is 1. The zero-order valence-corrected chi connectivity index (χ0v) is 23.7. The molecule has 3 aromatic carbocycles. The summed E-state index contributed by atoms with van der Waals surface area (Å²) in [5.74, 6) is 2.63. The number of para-hydroxylation sites is 2. The second kappa shape index (κ2) is 10.9. The van der Waals surface area contributed by atoms with Crippen molar-refractivity contribution >= 4 is 11.9 Å². The fraction of sp³-hybridized carbons (Fsp3) is 0.156. The van der Waals surface area contributed by atoms with Crippen molar-refractivity contribution in [3.05, 3.63) is 119 Å². The Kier molecular flexibility index (Phi) is 6.66. The van der Waals surface area contributed by atoms with E-state index in [2.05, 4.69) is 15.2 Å². The molecule has 3 aromatic heterocycles. The smallest absolute Gasteiger partial charge is 0.230 e. The first-order chi connectivity index (χ1) is 21.1. The van der Waals surface area contributed by atoms with Gasteiger partial charge in [0.2, 0.25) is 11.8 Å². The van der Waals surface area contributed by atoms with E-state index < -0.39 is 0 Å². The second-order valence-electron chi connectivity index (χ2n) is 9.87. The summed E-state index contributed by atoms with van der Waals surface area (Å²) in [6, 6.07) is 25.3. The molecular weight excluding hydrogens is 546 g/mol. The van der Waals surface area contributed by atoms with Crippen molar-refractivity contribution in [2.75, 3.05) is 14.2 Å². The molecule has 1 unspecified atom stereocenters. The highest BCUT2D eigenvalue weighted by atomic mass is 16.6. The van der Waals surface area contributed by atoms with Crippen LogP contribution in [0.1, 0.15) is 39.7 Å². The van der Waals surface area contributed by atoms with E-state index in [1.165, 1.54) is 0 Å². The Labute approximate surface area is 246 Å². The average Bonchev–Trinajstić information content (AvgIpc) is 3.63. The van der Waals surface area contributed by atoms with E-state index in [0.717, 1.165) is 45.1 Å². The van der Waals surface area contributed by atoms with Crippen LogP contribution in [-0.4, -0.2) is 49.8 Å². The molecule has 0 N–H and O–H groups in total. The Bertz CT molecular complexity index is 1950. The van der Waals surface area contributed by atoms with Crippen molar-refractivity contribution in [1.29, 1.82) is 0 Å². The number of hydrogen-bond donors (Lipinski definition) is 0. The molecule has 0 saturated carbocycles. The molecule has 0 amide bonds. The molecule has 0 fully saturated rings. The van der Waals surface area contributed by atoms with Crippen molar-refractivity contribution < 1.29 is 19.0 Å². The van der Waals surface area contributed by atoms with Crippen LogP contribution in [0.4, 0.5) is 0 Å². The average molecular weight is 574 g/mol. The van der Waals surface area contributed by atoms with Crippen LogP contribution in [0.2, 0.25) is 0 Å². The van der Waals surface area contributed by atoms with Crippen LogP contribution in [0.25, 0.3) is 11.3 Å². The Morgan fingerprint density at radius 1 is 0.907 bits per heavy atom. The SMILES string of the molecule is COc1ccc(/C=N/OCc2nc3c4c(ncn3n2)Oc2c(c(C)nn2-c2ccccc2)C4c2ccccc2OC)cc1. The lowest BCUT2D eigenvalue weighted by atomic mass is 9.84. The van der Waals surface area contributed by atoms with Gasteiger partial charge in [-0.25, -0.2) is 19.2 Å². The highest BCUT2D eigenvalue weighted by molar-refractivity contribution is 5.79. The van der Waals surface area contributed by atoms with Gasteiger partial charge in [-0.1, -0.05) is 41.6 Å². The summed E-state index contributed by atoms with van der Waals surface area (Å²) < 4.78 is 21.0. The van der Waals surface area contributed by atoms with Gasteiger partial charge in [-0.2, -0.15) is 5.10 Å². The lowest BCUT2D eigenvalue weighted by Crippen LogP contribution is -2.16. The molecule has 0 bridgehead atoms. The molecule has 1 aliphatic heterocycles. The predicted molar refractivity (Wildman–Crippen MR) is 158 cm³/mol. The highest BCUT2D eigenvalue weighted by Gasteiger charge is 2.39. The first-order valence-corrected chi connectivity index (χ1v) is 13.6. The van der Waals surface area contributed by atoms with Gasteiger partial charge in [0, 0.05) is 5.56 Å². The van der Waals surface area contributed by atoms with Gasteiger partial charge in [0.05, 0.1) is 48.9 Å². The van der Waals surface area contributed by atoms with E-state index in [0.29, 0.717) is 23.2 Å². The molecule has 0 radical (unpaired) electrons. The van der Waals surface area contributed by atoms with Crippen molar-refractivity contribution in [3.8, 4) is 28.9 Å². The number of rotatable bonds is 8. The van der Waals surface area contributed by atoms with E-state index in [1.807, 2.05) is 90.5 Å². The summed E-state index contributed by atoms with van der Waals surface area (Å²) in [6.07, 6.45) is 3.21. The Balaban J connectivity index is 1.29. The van der Waals surface area contributed by atoms with Crippen LogP contribution in [0.15, 0.2) is 90.3 Å². The number of fused-ring (bicyclic) bond motifs is 4. The minimum atomic E-state index is -0.338. The van der Waals surface area contributed by atoms with Gasteiger partial charge in [0.15, 0.2) is 18.1 Å². The molecule has 11 heteroatoms. The van der Waals surface area contributed by atoms with Crippen LogP contribution in [0.3, 0.4) is 0 Å². The van der Waals surface area contributed by atoms with Crippen molar-refractivity contribution in [2.45, 2.75) is 19.4 Å². The fourth-order valence-corrected chi connectivity index (χ4v) is 5.33. The van der Waals surface area contributed by atoms with Gasteiger partial charge in [-0.15, -0.1) is 5.10 Å². The first-order valence-electron chi connectivity index (χ1n) is 13.6. The van der Waals surface area contributed by atoms with Crippen LogP contribution in [-0.2, 0) is 11.4 Å². The lowest BCUT2D eigenvalue weighted by Gasteiger charge is -2.27. The van der Waals surface area contributed by atoms with Crippen LogP contribution < -0.4 is 14.2 Å². The Morgan fingerprint density at radius 2 is 1.70 bits per heavy atom. The van der Waals surface area contributed by atoms with E-state index >= 15 is 0 Å². The molecule has 0 saturated heterocycles. The van der Waals surface area contributed by atoms with Gasteiger partial charge < -0.3 is 19.0 Å². The van der Waals surface area contributed by atoms with E-state index in [4.69, 9.17) is 29.1 Å². The van der Waals surface area contributed by atoms with Crippen molar-refractivity contribution in [3.63, 3.8) is 0 Å². The molecule has 214 valence electrons. The number of hydrogen-bond acceptors (Lipinski definition) is 9. The third-order valence-electron chi connectivity index (χ3n) is 7.30. The maximum absolute atomic E-state index is 6.49. The number of aromatic nitrogens is 6. The molecule has 6 aromatic rings. The van der Waals surface area contributed by atoms with Crippen molar-refractivity contribution in [2.24, 2.45) is 5.16 Å². The Morgan fingerprint density at radius 3 is 2.49 bits per heavy atom. The Hall–Kier alpha value is -5.71. The highest BCUT2D eigenvalue weighted by Crippen LogP contribution is 2.51. The van der Waals surface area contributed by atoms with Gasteiger partial charge in [0.25, 0.3) is 0 Å². The number of nitrogens with zero attached hydrogens (tertiary/aromatic N) is 7. The number of aryl methyl sites for hydroxylation is 1. The second-order valence-corrected chi connectivity index (χ2v) is 9.87. The largest absolute Gasteiger partial charge is 0.497 e. The third-order valence-corrected chi connectivity index (χ3v) is 7.30. The molecule has 43 heavy (non-hydrogen) atoms. The van der Waals surface area contributed by atoms with Gasteiger partial charge >= 0.3 is 0 Å². The van der Waals surface area contributed by atoms with Gasteiger partial charge in [0.1, 0.15) is 17.8 Å². The standard InChI is InChI=1S/C32H27N7O4/c1-20-27-28(24-11-7-8-12-25(24)41-3)29-30-35-26(18-42-34-17-21-13-15-23(40-2)16-14-21)37-38(30)19-33-31(29)43-32(27)39(36-20)22-9-5-4-6-10-22/h4-17,19,28H,18H2,1-3H3/b34-17+. The maximum Gasteiger partial charge on any atom is 0.230 e. The molecule has 0 aliphatic carbocycles. The first kappa shape index (κ1) is 26.2.